The van der Waals surface area contributed by atoms with Gasteiger partial charge in [-0.05, 0) is 30.0 Å². The molecule has 0 aromatic heterocycles. The fourth-order valence-corrected chi connectivity index (χ4v) is 4.78. The Morgan fingerprint density at radius 1 is 1.18 bits per heavy atom. The van der Waals surface area contributed by atoms with Crippen LogP contribution in [0.4, 0.5) is 36.4 Å². The largest absolute Gasteiger partial charge is 0.460 e. The number of anilines is 1. The van der Waals surface area contributed by atoms with Gasteiger partial charge in [0.2, 0.25) is 5.91 Å². The highest BCUT2D eigenvalue weighted by Crippen LogP contribution is 2.53. The summed E-state index contributed by atoms with van der Waals surface area (Å²) in [6.07, 6.45) is -6.75. The highest BCUT2D eigenvalue weighted by molar-refractivity contribution is 8.15. The van der Waals surface area contributed by atoms with E-state index in [2.05, 4.69) is 10.3 Å². The minimum absolute atomic E-state index is 0.110. The first-order chi connectivity index (χ1) is 15.3. The van der Waals surface area contributed by atoms with Crippen molar-refractivity contribution in [2.75, 3.05) is 31.6 Å². The minimum atomic E-state index is -6.44. The number of amidine groups is 1. The maximum Gasteiger partial charge on any atom is 0.460 e. The Hall–Kier alpha value is -2.00. The van der Waals surface area contributed by atoms with Crippen LogP contribution in [0.2, 0.25) is 0 Å². The van der Waals surface area contributed by atoms with Gasteiger partial charge in [-0.3, -0.25) is 9.59 Å². The Morgan fingerprint density at radius 2 is 1.85 bits per heavy atom. The van der Waals surface area contributed by atoms with E-state index in [1.165, 1.54) is 6.07 Å². The lowest BCUT2D eigenvalue weighted by Gasteiger charge is -2.27. The van der Waals surface area contributed by atoms with E-state index in [0.717, 1.165) is 30.0 Å². The third-order valence-electron chi connectivity index (χ3n) is 4.47. The van der Waals surface area contributed by atoms with Gasteiger partial charge in [0.1, 0.15) is 5.25 Å². The maximum absolute atomic E-state index is 13.6. The van der Waals surface area contributed by atoms with Crippen LogP contribution in [-0.4, -0.2) is 70.8 Å². The van der Waals surface area contributed by atoms with E-state index in [9.17, 15) is 40.3 Å². The number of hydrogen-bond acceptors (Lipinski definition) is 6. The van der Waals surface area contributed by atoms with Crippen molar-refractivity contribution in [3.63, 3.8) is 0 Å². The van der Waals surface area contributed by atoms with Crippen molar-refractivity contribution in [3.8, 4) is 0 Å². The molecule has 0 saturated carbocycles. The van der Waals surface area contributed by atoms with E-state index in [1.54, 1.807) is 0 Å². The molecule has 6 nitrogen and oxygen atoms in total. The Labute approximate surface area is 191 Å². The van der Waals surface area contributed by atoms with Crippen molar-refractivity contribution in [1.82, 2.24) is 4.90 Å². The number of carbonyl (C=O) groups is 2. The average molecular weight is 519 g/mol. The molecule has 2 amide bonds. The van der Waals surface area contributed by atoms with Crippen LogP contribution in [0.1, 0.15) is 6.42 Å². The number of aliphatic imine (C=N–C) groups is 1. The molecule has 1 atom stereocenters. The van der Waals surface area contributed by atoms with Crippen molar-refractivity contribution in [2.24, 2.45) is 4.99 Å². The molecule has 0 aliphatic carbocycles. The van der Waals surface area contributed by atoms with Crippen LogP contribution in [0.25, 0.3) is 0 Å². The number of nitrogens with zero attached hydrogens (tertiary/aromatic N) is 2. The molecule has 0 spiro atoms. The van der Waals surface area contributed by atoms with Crippen LogP contribution in [0.15, 0.2) is 34.2 Å². The lowest BCUT2D eigenvalue weighted by Crippen LogP contribution is -2.49. The number of rotatable bonds is 6. The Kier molecular flexibility index (Phi) is 7.53. The van der Waals surface area contributed by atoms with Gasteiger partial charge in [-0.2, -0.15) is 35.7 Å². The second-order valence-corrected chi connectivity index (χ2v) is 9.27. The number of halogens is 7. The number of carbonyl (C=O) groups excluding carboxylic acids is 2. The van der Waals surface area contributed by atoms with E-state index >= 15 is 0 Å². The molecule has 1 aromatic rings. The number of morpholine rings is 1. The summed E-state index contributed by atoms with van der Waals surface area (Å²) in [5.41, 5.74) is -0.110. The lowest BCUT2D eigenvalue weighted by molar-refractivity contribution is -0.330. The Bertz CT molecular complexity index is 937. The van der Waals surface area contributed by atoms with Crippen molar-refractivity contribution in [2.45, 2.75) is 33.9 Å². The maximum atomic E-state index is 13.6. The molecule has 2 aliphatic rings. The van der Waals surface area contributed by atoms with Gasteiger partial charge in [0.05, 0.1) is 13.2 Å². The SMILES string of the molecule is O=C(CC1SC(N2CCOCC2)=NC1=O)Nc1cccc(SC(F)(F)C(F)(F)C(F)(F)F)c1. The number of thioether (sulfide) groups is 2. The van der Waals surface area contributed by atoms with Gasteiger partial charge < -0.3 is 15.0 Å². The van der Waals surface area contributed by atoms with Crippen LogP contribution in [0.3, 0.4) is 0 Å². The molecule has 3 rings (SSSR count). The summed E-state index contributed by atoms with van der Waals surface area (Å²) >= 11 is 0.120. The fourth-order valence-electron chi connectivity index (χ4n) is 2.79. The average Bonchev–Trinajstić information content (AvgIpc) is 3.08. The number of ether oxygens (including phenoxy) is 1. The Morgan fingerprint density at radius 3 is 2.48 bits per heavy atom. The molecule has 1 aromatic carbocycles. The molecule has 15 heteroatoms. The zero-order valence-electron chi connectivity index (χ0n) is 16.5. The van der Waals surface area contributed by atoms with Crippen molar-refractivity contribution >= 4 is 46.2 Å². The van der Waals surface area contributed by atoms with Gasteiger partial charge in [-0.1, -0.05) is 17.8 Å². The summed E-state index contributed by atoms with van der Waals surface area (Å²) in [7, 11) is 0. The van der Waals surface area contributed by atoms with Crippen LogP contribution >= 0.6 is 23.5 Å². The molecular weight excluding hydrogens is 503 g/mol. The Balaban J connectivity index is 1.59. The van der Waals surface area contributed by atoms with Crippen LogP contribution < -0.4 is 5.32 Å². The van der Waals surface area contributed by atoms with Crippen molar-refractivity contribution in [3.05, 3.63) is 24.3 Å². The summed E-state index contributed by atoms with van der Waals surface area (Å²) in [5, 5.41) is -3.50. The topological polar surface area (TPSA) is 71.0 Å². The number of amides is 2. The van der Waals surface area contributed by atoms with Crippen LogP contribution in [0, 0.1) is 0 Å². The molecule has 0 bridgehead atoms. The zero-order valence-corrected chi connectivity index (χ0v) is 18.1. The van der Waals surface area contributed by atoms with Crippen molar-refractivity contribution < 1.29 is 45.1 Å². The van der Waals surface area contributed by atoms with Gasteiger partial charge in [-0.25, -0.2) is 0 Å². The van der Waals surface area contributed by atoms with Crippen LogP contribution in [-0.2, 0) is 14.3 Å². The molecule has 1 N–H and O–H groups in total. The predicted molar refractivity (Wildman–Crippen MR) is 108 cm³/mol. The second kappa shape index (κ2) is 9.70. The molecule has 1 fully saturated rings. The lowest BCUT2D eigenvalue weighted by atomic mass is 10.2. The smallest absolute Gasteiger partial charge is 0.378 e. The number of hydrogen-bond donors (Lipinski definition) is 1. The third-order valence-corrected chi connectivity index (χ3v) is 6.68. The molecular formula is C18H16F7N3O3S2. The minimum Gasteiger partial charge on any atom is -0.378 e. The molecule has 1 saturated heterocycles. The summed E-state index contributed by atoms with van der Waals surface area (Å²) in [5.74, 6) is -7.47. The normalized spacial score (nSPS) is 20.1. The van der Waals surface area contributed by atoms with Crippen molar-refractivity contribution in [1.29, 1.82) is 0 Å². The molecule has 33 heavy (non-hydrogen) atoms. The number of nitrogens with one attached hydrogen (secondary N) is 1. The predicted octanol–water partition coefficient (Wildman–Crippen LogP) is 4.23. The van der Waals surface area contributed by atoms with Gasteiger partial charge in [0.15, 0.2) is 5.17 Å². The fraction of sp³-hybridized carbons (Fsp3) is 0.500. The molecule has 2 heterocycles. The van der Waals surface area contributed by atoms with E-state index in [-0.39, 0.29) is 12.1 Å². The first-order valence-electron chi connectivity index (χ1n) is 9.33. The third kappa shape index (κ3) is 5.93. The highest BCUT2D eigenvalue weighted by Gasteiger charge is 2.73. The summed E-state index contributed by atoms with van der Waals surface area (Å²) < 4.78 is 95.6. The quantitative estimate of drug-likeness (QED) is 0.448. The summed E-state index contributed by atoms with van der Waals surface area (Å²) in [4.78, 5) is 29.6. The molecule has 2 aliphatic heterocycles. The standard InChI is InChI=1S/C18H16F7N3O3S2/c19-16(20,17(21,22)23)18(24,25)33-11-3-1-2-10(8-11)26-13(29)9-12-14(30)27-15(32-12)28-4-6-31-7-5-28/h1-3,8,12H,4-7,9H2,(H,26,29). The number of alkyl halides is 7. The van der Waals surface area contributed by atoms with E-state index in [4.69, 9.17) is 4.74 Å². The molecule has 0 radical (unpaired) electrons. The van der Waals surface area contributed by atoms with Gasteiger partial charge in [0, 0.05) is 30.1 Å². The first-order valence-corrected chi connectivity index (χ1v) is 11.0. The molecule has 1 unspecified atom stereocenters. The summed E-state index contributed by atoms with van der Waals surface area (Å²) in [6, 6.07) is 4.08. The van der Waals surface area contributed by atoms with E-state index in [0.29, 0.717) is 31.5 Å². The van der Waals surface area contributed by atoms with Gasteiger partial charge in [-0.15, -0.1) is 0 Å². The van der Waals surface area contributed by atoms with Gasteiger partial charge >= 0.3 is 17.4 Å². The molecule has 182 valence electrons. The van der Waals surface area contributed by atoms with Gasteiger partial charge in [0.25, 0.3) is 5.91 Å². The van der Waals surface area contributed by atoms with E-state index < -0.39 is 51.1 Å². The zero-order chi connectivity index (χ0) is 24.4. The second-order valence-electron chi connectivity index (χ2n) is 6.91. The number of benzene rings is 1. The first kappa shape index (κ1) is 25.6. The monoisotopic (exact) mass is 519 g/mol. The van der Waals surface area contributed by atoms with Crippen LogP contribution in [0.5, 0.6) is 0 Å². The van der Waals surface area contributed by atoms with E-state index in [1.807, 2.05) is 4.90 Å². The summed E-state index contributed by atoms with van der Waals surface area (Å²) in [6.45, 7) is 2.03. The highest BCUT2D eigenvalue weighted by atomic mass is 32.2.